The highest BCUT2D eigenvalue weighted by Gasteiger charge is 2.24. The summed E-state index contributed by atoms with van der Waals surface area (Å²) in [6, 6.07) is 7.03. The van der Waals surface area contributed by atoms with Crippen molar-refractivity contribution in [1.29, 1.82) is 0 Å². The lowest BCUT2D eigenvalue weighted by Crippen LogP contribution is -2.36. The van der Waals surface area contributed by atoms with Gasteiger partial charge in [0.2, 0.25) is 0 Å². The number of carbonyl (C=O) groups is 1. The topological polar surface area (TPSA) is 111 Å². The highest BCUT2D eigenvalue weighted by atomic mass is 16.6. The van der Waals surface area contributed by atoms with Crippen molar-refractivity contribution in [1.82, 2.24) is 25.5 Å². The second-order valence-electron chi connectivity index (χ2n) is 7.07. The molecule has 0 bridgehead atoms. The van der Waals surface area contributed by atoms with E-state index in [1.807, 2.05) is 24.3 Å². The van der Waals surface area contributed by atoms with Crippen molar-refractivity contribution in [2.45, 2.75) is 51.8 Å². The zero-order valence-electron chi connectivity index (χ0n) is 16.2. The molecule has 2 N–H and O–H groups in total. The second-order valence-corrected chi connectivity index (χ2v) is 7.07. The normalized spacial score (nSPS) is 12.5. The zero-order valence-corrected chi connectivity index (χ0v) is 16.2. The van der Waals surface area contributed by atoms with E-state index in [0.717, 1.165) is 11.3 Å². The van der Waals surface area contributed by atoms with Crippen LogP contribution in [0, 0.1) is 0 Å². The molecule has 1 heterocycles. The number of nitrogens with zero attached hydrogens (tertiary/aromatic N) is 4. The first-order valence-electron chi connectivity index (χ1n) is 8.81. The van der Waals surface area contributed by atoms with Crippen LogP contribution in [0.3, 0.4) is 0 Å². The average Bonchev–Trinajstić information content (AvgIpc) is 3.07. The summed E-state index contributed by atoms with van der Waals surface area (Å²) in [6.45, 7) is 5.89. The number of rotatable bonds is 8. The summed E-state index contributed by atoms with van der Waals surface area (Å²) in [5, 5.41) is 24.1. The van der Waals surface area contributed by atoms with Crippen molar-refractivity contribution in [2.75, 3.05) is 13.7 Å². The van der Waals surface area contributed by atoms with Crippen LogP contribution in [-0.2, 0) is 17.7 Å². The summed E-state index contributed by atoms with van der Waals surface area (Å²) in [7, 11) is 1.61. The largest absolute Gasteiger partial charge is 0.497 e. The molecule has 0 radical (unpaired) electrons. The van der Waals surface area contributed by atoms with E-state index in [1.165, 1.54) is 4.80 Å². The first-order chi connectivity index (χ1) is 12.8. The van der Waals surface area contributed by atoms with Gasteiger partial charge in [0.25, 0.3) is 0 Å². The van der Waals surface area contributed by atoms with E-state index in [9.17, 15) is 4.79 Å². The monoisotopic (exact) mass is 377 g/mol. The summed E-state index contributed by atoms with van der Waals surface area (Å²) in [4.78, 5) is 13.6. The molecule has 1 atom stereocenters. The third-order valence-corrected chi connectivity index (χ3v) is 3.59. The Morgan fingerprint density at radius 3 is 2.59 bits per heavy atom. The van der Waals surface area contributed by atoms with E-state index in [-0.39, 0.29) is 6.61 Å². The molecule has 0 unspecified atom stereocenters. The minimum Gasteiger partial charge on any atom is -0.497 e. The van der Waals surface area contributed by atoms with E-state index >= 15 is 0 Å². The first-order valence-corrected chi connectivity index (χ1v) is 8.81. The van der Waals surface area contributed by atoms with Gasteiger partial charge >= 0.3 is 6.09 Å². The van der Waals surface area contributed by atoms with Gasteiger partial charge in [-0.05, 0) is 50.1 Å². The van der Waals surface area contributed by atoms with Gasteiger partial charge < -0.3 is 19.9 Å². The maximum absolute atomic E-state index is 12.2. The van der Waals surface area contributed by atoms with Crippen LogP contribution in [0.15, 0.2) is 24.3 Å². The van der Waals surface area contributed by atoms with E-state index in [0.29, 0.717) is 25.2 Å². The molecule has 2 rings (SSSR count). The molecule has 0 aliphatic carbocycles. The summed E-state index contributed by atoms with van der Waals surface area (Å²) in [5.74, 6) is 1.14. The van der Waals surface area contributed by atoms with Gasteiger partial charge in [-0.3, -0.25) is 0 Å². The molecular formula is C18H27N5O4. The van der Waals surface area contributed by atoms with Crippen LogP contribution in [-0.4, -0.2) is 50.7 Å². The molecule has 27 heavy (non-hydrogen) atoms. The quantitative estimate of drug-likeness (QED) is 0.722. The van der Waals surface area contributed by atoms with Crippen molar-refractivity contribution in [2.24, 2.45) is 0 Å². The Bertz CT molecular complexity index is 724. The number of alkyl carbamates (subject to hydrolysis) is 1. The SMILES string of the molecule is COc1ccc(C[C@H](NC(=O)OC(C)(C)C)c2nnn(CCCO)n2)cc1. The van der Waals surface area contributed by atoms with Crippen molar-refractivity contribution >= 4 is 6.09 Å². The lowest BCUT2D eigenvalue weighted by Gasteiger charge is -2.22. The van der Waals surface area contributed by atoms with E-state index in [1.54, 1.807) is 27.9 Å². The maximum Gasteiger partial charge on any atom is 0.408 e. The molecule has 0 fully saturated rings. The molecule has 0 saturated heterocycles. The number of hydrogen-bond donors (Lipinski definition) is 2. The number of carbonyl (C=O) groups excluding carboxylic acids is 1. The zero-order chi connectivity index (χ0) is 19.9. The molecule has 0 saturated carbocycles. The lowest BCUT2D eigenvalue weighted by molar-refractivity contribution is 0.0501. The van der Waals surface area contributed by atoms with Gasteiger partial charge in [0.1, 0.15) is 17.4 Å². The minimum atomic E-state index is -0.610. The Hall–Kier alpha value is -2.68. The van der Waals surface area contributed by atoms with Crippen LogP contribution < -0.4 is 10.1 Å². The molecule has 0 aliphatic heterocycles. The van der Waals surface area contributed by atoms with Crippen molar-refractivity contribution < 1.29 is 19.4 Å². The van der Waals surface area contributed by atoms with Crippen molar-refractivity contribution in [3.8, 4) is 5.75 Å². The molecular weight excluding hydrogens is 350 g/mol. The number of aryl methyl sites for hydroxylation is 1. The molecule has 1 amide bonds. The number of aromatic nitrogens is 4. The van der Waals surface area contributed by atoms with Crippen LogP contribution in [0.2, 0.25) is 0 Å². The van der Waals surface area contributed by atoms with E-state index in [4.69, 9.17) is 14.6 Å². The van der Waals surface area contributed by atoms with E-state index < -0.39 is 17.7 Å². The van der Waals surface area contributed by atoms with Gasteiger partial charge in [0, 0.05) is 13.0 Å². The van der Waals surface area contributed by atoms with Gasteiger partial charge in [0.05, 0.1) is 13.7 Å². The van der Waals surface area contributed by atoms with Gasteiger partial charge in [0.15, 0.2) is 5.82 Å². The molecule has 2 aromatic rings. The molecule has 0 spiro atoms. The number of aliphatic hydroxyl groups is 1. The third-order valence-electron chi connectivity index (χ3n) is 3.59. The number of aliphatic hydroxyl groups excluding tert-OH is 1. The smallest absolute Gasteiger partial charge is 0.408 e. The standard InChI is InChI=1S/C18H27N5O4/c1-18(2,3)27-17(25)19-15(12-13-6-8-14(26-4)9-7-13)16-20-22-23(21-16)10-5-11-24/h6-9,15,24H,5,10-12H2,1-4H3,(H,19,25)/t15-/m0/s1. The fourth-order valence-electron chi connectivity index (χ4n) is 2.36. The van der Waals surface area contributed by atoms with Crippen LogP contribution in [0.25, 0.3) is 0 Å². The number of nitrogens with one attached hydrogen (secondary N) is 1. The number of ether oxygens (including phenoxy) is 2. The third kappa shape index (κ3) is 6.86. The summed E-state index contributed by atoms with van der Waals surface area (Å²) < 4.78 is 10.5. The Balaban J connectivity index is 2.16. The number of amides is 1. The number of hydrogen-bond acceptors (Lipinski definition) is 7. The first kappa shape index (κ1) is 20.6. The maximum atomic E-state index is 12.2. The number of benzene rings is 1. The number of methoxy groups -OCH3 is 1. The van der Waals surface area contributed by atoms with Gasteiger partial charge in [-0.25, -0.2) is 4.79 Å². The Morgan fingerprint density at radius 1 is 1.30 bits per heavy atom. The predicted octanol–water partition coefficient (Wildman–Crippen LogP) is 1.87. The van der Waals surface area contributed by atoms with Gasteiger partial charge in [-0.1, -0.05) is 12.1 Å². The fourth-order valence-corrected chi connectivity index (χ4v) is 2.36. The fraction of sp³-hybridized carbons (Fsp3) is 0.556. The molecule has 0 aliphatic rings. The van der Waals surface area contributed by atoms with E-state index in [2.05, 4.69) is 20.7 Å². The van der Waals surface area contributed by atoms with Crippen molar-refractivity contribution in [3.63, 3.8) is 0 Å². The Labute approximate surface area is 158 Å². The molecule has 9 nitrogen and oxygen atoms in total. The lowest BCUT2D eigenvalue weighted by atomic mass is 10.1. The van der Waals surface area contributed by atoms with Crippen LogP contribution in [0.1, 0.15) is 44.6 Å². The Kier molecular flexibility index (Phi) is 7.12. The molecule has 9 heteroatoms. The highest BCUT2D eigenvalue weighted by molar-refractivity contribution is 5.68. The summed E-state index contributed by atoms with van der Waals surface area (Å²) in [5.41, 5.74) is 0.365. The van der Waals surface area contributed by atoms with Crippen LogP contribution in [0.5, 0.6) is 5.75 Å². The van der Waals surface area contributed by atoms with Gasteiger partial charge in [-0.15, -0.1) is 10.2 Å². The molecule has 1 aromatic heterocycles. The second kappa shape index (κ2) is 9.31. The average molecular weight is 377 g/mol. The van der Waals surface area contributed by atoms with Crippen LogP contribution in [0.4, 0.5) is 4.79 Å². The minimum absolute atomic E-state index is 0.0440. The van der Waals surface area contributed by atoms with Gasteiger partial charge in [-0.2, -0.15) is 4.80 Å². The summed E-state index contributed by atoms with van der Waals surface area (Å²) >= 11 is 0. The predicted molar refractivity (Wildman–Crippen MR) is 98.3 cm³/mol. The summed E-state index contributed by atoms with van der Waals surface area (Å²) in [6.07, 6.45) is 0.445. The number of tetrazole rings is 1. The molecule has 148 valence electrons. The Morgan fingerprint density at radius 2 is 2.00 bits per heavy atom. The molecule has 1 aromatic carbocycles. The van der Waals surface area contributed by atoms with Crippen molar-refractivity contribution in [3.05, 3.63) is 35.7 Å². The van der Waals surface area contributed by atoms with Crippen LogP contribution >= 0.6 is 0 Å². The highest BCUT2D eigenvalue weighted by Crippen LogP contribution is 2.19.